The Morgan fingerprint density at radius 1 is 1.56 bits per heavy atom. The van der Waals surface area contributed by atoms with Gasteiger partial charge in [0.1, 0.15) is 0 Å². The van der Waals surface area contributed by atoms with Gasteiger partial charge in [-0.15, -0.1) is 24.0 Å². The third-order valence-electron chi connectivity index (χ3n) is 2.77. The molecule has 0 radical (unpaired) electrons. The summed E-state index contributed by atoms with van der Waals surface area (Å²) in [5, 5.41) is 7.47. The van der Waals surface area contributed by atoms with Crippen LogP contribution in [0.25, 0.3) is 0 Å². The number of halogens is 1. The third kappa shape index (κ3) is 5.24. The van der Waals surface area contributed by atoms with Crippen LogP contribution in [-0.2, 0) is 13.6 Å². The van der Waals surface area contributed by atoms with Gasteiger partial charge >= 0.3 is 0 Å². The minimum Gasteiger partial charge on any atom is -0.351 e. The molecular weight excluding hydrogens is 341 g/mol. The number of aryl methyl sites for hydroxylation is 1. The van der Waals surface area contributed by atoms with E-state index in [1.807, 2.05) is 24.8 Å². The zero-order valence-corrected chi connectivity index (χ0v) is 14.0. The molecule has 0 aliphatic rings. The molecule has 1 N–H and O–H groups in total. The van der Waals surface area contributed by atoms with Gasteiger partial charge in [-0.3, -0.25) is 9.67 Å². The van der Waals surface area contributed by atoms with Gasteiger partial charge in [0.15, 0.2) is 5.96 Å². The summed E-state index contributed by atoms with van der Waals surface area (Å²) in [5.41, 5.74) is 1.15. The summed E-state index contributed by atoms with van der Waals surface area (Å²) < 4.78 is 1.87. The van der Waals surface area contributed by atoms with Crippen molar-refractivity contribution in [3.63, 3.8) is 0 Å². The largest absolute Gasteiger partial charge is 0.351 e. The highest BCUT2D eigenvalue weighted by molar-refractivity contribution is 14.0. The molecule has 0 aliphatic carbocycles. The second-order valence-corrected chi connectivity index (χ2v) is 4.12. The van der Waals surface area contributed by atoms with Crippen LogP contribution < -0.4 is 5.32 Å². The maximum absolute atomic E-state index is 4.27. The molecule has 1 aromatic heterocycles. The second-order valence-electron chi connectivity index (χ2n) is 4.12. The lowest BCUT2D eigenvalue weighted by atomic mass is 10.3. The quantitative estimate of drug-likeness (QED) is 0.492. The Kier molecular flexibility index (Phi) is 8.78. The van der Waals surface area contributed by atoms with Gasteiger partial charge in [0.2, 0.25) is 0 Å². The van der Waals surface area contributed by atoms with Crippen molar-refractivity contribution in [1.29, 1.82) is 0 Å². The summed E-state index contributed by atoms with van der Waals surface area (Å²) >= 11 is 0. The molecule has 0 aliphatic heterocycles. The van der Waals surface area contributed by atoms with Crippen molar-refractivity contribution in [2.45, 2.75) is 26.3 Å². The fourth-order valence-electron chi connectivity index (χ4n) is 1.63. The van der Waals surface area contributed by atoms with Crippen LogP contribution in [0.3, 0.4) is 0 Å². The molecule has 0 bridgehead atoms. The molecule has 18 heavy (non-hydrogen) atoms. The Morgan fingerprint density at radius 2 is 2.28 bits per heavy atom. The van der Waals surface area contributed by atoms with Crippen LogP contribution in [0.15, 0.2) is 17.3 Å². The fraction of sp³-hybridized carbons (Fsp3) is 0.667. The van der Waals surface area contributed by atoms with E-state index in [0.717, 1.165) is 24.7 Å². The van der Waals surface area contributed by atoms with E-state index < -0.39 is 0 Å². The average Bonchev–Trinajstić information content (AvgIpc) is 2.73. The van der Waals surface area contributed by atoms with Gasteiger partial charge in [-0.2, -0.15) is 5.10 Å². The number of hydrogen-bond acceptors (Lipinski definition) is 2. The highest BCUT2D eigenvalue weighted by Crippen LogP contribution is 1.97. The molecule has 0 amide bonds. The minimum atomic E-state index is 0. The number of unbranched alkanes of at least 4 members (excludes halogenated alkanes) is 1. The Balaban J connectivity index is 0.00000289. The maximum Gasteiger partial charge on any atom is 0.193 e. The molecule has 0 saturated heterocycles. The Bertz CT molecular complexity index is 361. The molecule has 1 aromatic rings. The topological polar surface area (TPSA) is 45.4 Å². The molecule has 104 valence electrons. The van der Waals surface area contributed by atoms with Crippen LogP contribution in [0.4, 0.5) is 0 Å². The summed E-state index contributed by atoms with van der Waals surface area (Å²) in [6, 6.07) is 2.01. The van der Waals surface area contributed by atoms with Crippen molar-refractivity contribution in [2.24, 2.45) is 12.0 Å². The predicted molar refractivity (Wildman–Crippen MR) is 86.4 cm³/mol. The standard InChI is InChI=1S/C12H23N5.HI/c1-5-6-9-16(3)12(13-2)14-10-11-7-8-15-17(11)4;/h7-8H,5-6,9-10H2,1-4H3,(H,13,14);1H. The number of guanidine groups is 1. The predicted octanol–water partition coefficient (Wildman–Crippen LogP) is 1.85. The van der Waals surface area contributed by atoms with Crippen molar-refractivity contribution < 1.29 is 0 Å². The van der Waals surface area contributed by atoms with Crippen LogP contribution in [0, 0.1) is 0 Å². The normalized spacial score (nSPS) is 11.0. The monoisotopic (exact) mass is 365 g/mol. The Labute approximate surface area is 127 Å². The van der Waals surface area contributed by atoms with E-state index in [0.29, 0.717) is 0 Å². The molecule has 1 heterocycles. The highest BCUT2D eigenvalue weighted by Gasteiger charge is 2.05. The first-order valence-electron chi connectivity index (χ1n) is 6.07. The van der Waals surface area contributed by atoms with Crippen molar-refractivity contribution in [3.8, 4) is 0 Å². The first-order chi connectivity index (χ1) is 8.19. The van der Waals surface area contributed by atoms with Gasteiger partial charge in [-0.1, -0.05) is 13.3 Å². The summed E-state index contributed by atoms with van der Waals surface area (Å²) in [6.45, 7) is 3.97. The molecule has 0 atom stereocenters. The third-order valence-corrected chi connectivity index (χ3v) is 2.77. The lowest BCUT2D eigenvalue weighted by Gasteiger charge is -2.21. The van der Waals surface area contributed by atoms with Gasteiger partial charge in [-0.25, -0.2) is 0 Å². The lowest BCUT2D eigenvalue weighted by molar-refractivity contribution is 0.463. The summed E-state index contributed by atoms with van der Waals surface area (Å²) in [5.74, 6) is 0.930. The van der Waals surface area contributed by atoms with E-state index in [1.165, 1.54) is 12.8 Å². The van der Waals surface area contributed by atoms with Crippen LogP contribution in [-0.4, -0.2) is 41.3 Å². The molecule has 0 unspecified atom stereocenters. The smallest absolute Gasteiger partial charge is 0.193 e. The van der Waals surface area contributed by atoms with Gasteiger partial charge in [0.05, 0.1) is 12.2 Å². The van der Waals surface area contributed by atoms with Gasteiger partial charge in [0, 0.05) is 33.9 Å². The number of aliphatic imine (C=N–C) groups is 1. The van der Waals surface area contributed by atoms with E-state index in [-0.39, 0.29) is 24.0 Å². The number of nitrogens with zero attached hydrogens (tertiary/aromatic N) is 4. The molecule has 1 rings (SSSR count). The second kappa shape index (κ2) is 9.18. The minimum absolute atomic E-state index is 0. The zero-order chi connectivity index (χ0) is 12.7. The molecule has 5 nitrogen and oxygen atoms in total. The van der Waals surface area contributed by atoms with E-state index in [9.17, 15) is 0 Å². The number of rotatable bonds is 5. The first kappa shape index (κ1) is 17.2. The van der Waals surface area contributed by atoms with Crippen LogP contribution in [0.5, 0.6) is 0 Å². The van der Waals surface area contributed by atoms with E-state index in [4.69, 9.17) is 0 Å². The molecule has 0 fully saturated rings. The molecule has 0 aromatic carbocycles. The zero-order valence-electron chi connectivity index (χ0n) is 11.7. The van der Waals surface area contributed by atoms with E-state index in [2.05, 4.69) is 34.3 Å². The van der Waals surface area contributed by atoms with Crippen molar-refractivity contribution >= 4 is 29.9 Å². The lowest BCUT2D eigenvalue weighted by Crippen LogP contribution is -2.39. The van der Waals surface area contributed by atoms with Crippen molar-refractivity contribution in [1.82, 2.24) is 20.0 Å². The summed E-state index contributed by atoms with van der Waals surface area (Å²) in [6.07, 6.45) is 4.19. The number of hydrogen-bond donors (Lipinski definition) is 1. The Morgan fingerprint density at radius 3 is 2.78 bits per heavy atom. The molecule has 6 heteroatoms. The van der Waals surface area contributed by atoms with E-state index >= 15 is 0 Å². The van der Waals surface area contributed by atoms with Crippen molar-refractivity contribution in [2.75, 3.05) is 20.6 Å². The van der Waals surface area contributed by atoms with Gasteiger partial charge in [0.25, 0.3) is 0 Å². The van der Waals surface area contributed by atoms with Crippen LogP contribution >= 0.6 is 24.0 Å². The van der Waals surface area contributed by atoms with E-state index in [1.54, 1.807) is 6.20 Å². The van der Waals surface area contributed by atoms with Gasteiger partial charge in [-0.05, 0) is 12.5 Å². The fourth-order valence-corrected chi connectivity index (χ4v) is 1.63. The van der Waals surface area contributed by atoms with Crippen LogP contribution in [0.2, 0.25) is 0 Å². The van der Waals surface area contributed by atoms with Crippen molar-refractivity contribution in [3.05, 3.63) is 18.0 Å². The molecule has 0 spiro atoms. The van der Waals surface area contributed by atoms with Crippen LogP contribution in [0.1, 0.15) is 25.5 Å². The maximum atomic E-state index is 4.27. The van der Waals surface area contributed by atoms with Gasteiger partial charge < -0.3 is 10.2 Å². The SMILES string of the molecule is CCCCN(C)C(=NC)NCc1ccnn1C.I. The first-order valence-corrected chi connectivity index (χ1v) is 6.07. The molecule has 0 saturated carbocycles. The average molecular weight is 365 g/mol. The molecular formula is C12H24IN5. The highest BCUT2D eigenvalue weighted by atomic mass is 127. The number of aromatic nitrogens is 2. The summed E-state index contributed by atoms with van der Waals surface area (Å²) in [4.78, 5) is 6.42. The number of nitrogens with one attached hydrogen (secondary N) is 1. The summed E-state index contributed by atoms with van der Waals surface area (Å²) in [7, 11) is 5.82. The Hall–Kier alpha value is -0.790.